The van der Waals surface area contributed by atoms with Gasteiger partial charge < -0.3 is 16.4 Å². The van der Waals surface area contributed by atoms with E-state index >= 15 is 0 Å². The minimum absolute atomic E-state index is 0.399. The van der Waals surface area contributed by atoms with Gasteiger partial charge >= 0.3 is 0 Å². The topological polar surface area (TPSA) is 80.0 Å². The Morgan fingerprint density at radius 1 is 1.56 bits per heavy atom. The molecule has 0 aliphatic carbocycles. The first kappa shape index (κ1) is 12.8. The van der Waals surface area contributed by atoms with Gasteiger partial charge in [0.25, 0.3) is 0 Å². The van der Waals surface area contributed by atoms with Gasteiger partial charge in [0, 0.05) is 23.3 Å². The van der Waals surface area contributed by atoms with Gasteiger partial charge in [0.1, 0.15) is 5.82 Å². The SMILES string of the molecule is Cc1cc(C(N)=O)cc(NC2CCNC(C)C2)n1. The zero-order valence-corrected chi connectivity index (χ0v) is 10.9. The van der Waals surface area contributed by atoms with Crippen LogP contribution in [0, 0.1) is 6.92 Å². The van der Waals surface area contributed by atoms with Gasteiger partial charge in [0.2, 0.25) is 5.91 Å². The van der Waals surface area contributed by atoms with Gasteiger partial charge in [-0.15, -0.1) is 0 Å². The second-order valence-corrected chi connectivity index (χ2v) is 4.97. The second kappa shape index (κ2) is 5.35. The number of rotatable bonds is 3. The van der Waals surface area contributed by atoms with Crippen LogP contribution in [0.3, 0.4) is 0 Å². The predicted octanol–water partition coefficient (Wildman–Crippen LogP) is 1.04. The molecule has 1 fully saturated rings. The third-order valence-electron chi connectivity index (χ3n) is 3.21. The van der Waals surface area contributed by atoms with Gasteiger partial charge in [-0.25, -0.2) is 4.98 Å². The first-order valence-electron chi connectivity index (χ1n) is 6.33. The van der Waals surface area contributed by atoms with Crippen molar-refractivity contribution in [3.05, 3.63) is 23.4 Å². The van der Waals surface area contributed by atoms with Crippen LogP contribution in [-0.2, 0) is 0 Å². The average Bonchev–Trinajstić information content (AvgIpc) is 2.28. The van der Waals surface area contributed by atoms with Crippen LogP contribution in [0.1, 0.15) is 35.8 Å². The lowest BCUT2D eigenvalue weighted by atomic mass is 10.0. The normalized spacial score (nSPS) is 23.7. The molecule has 2 heterocycles. The minimum atomic E-state index is -0.415. The van der Waals surface area contributed by atoms with Crippen molar-refractivity contribution in [1.29, 1.82) is 0 Å². The van der Waals surface area contributed by atoms with Gasteiger partial charge in [0.05, 0.1) is 0 Å². The van der Waals surface area contributed by atoms with E-state index in [1.165, 1.54) is 0 Å². The molecule has 1 amide bonds. The molecule has 0 spiro atoms. The molecule has 18 heavy (non-hydrogen) atoms. The molecule has 1 aliphatic rings. The molecule has 0 saturated carbocycles. The van der Waals surface area contributed by atoms with Crippen LogP contribution >= 0.6 is 0 Å². The van der Waals surface area contributed by atoms with Crippen molar-refractivity contribution < 1.29 is 4.79 Å². The largest absolute Gasteiger partial charge is 0.367 e. The Hall–Kier alpha value is -1.62. The molecule has 2 atom stereocenters. The lowest BCUT2D eigenvalue weighted by Gasteiger charge is -2.29. The van der Waals surface area contributed by atoms with Gasteiger partial charge in [-0.2, -0.15) is 0 Å². The number of anilines is 1. The number of nitrogens with zero attached hydrogens (tertiary/aromatic N) is 1. The highest BCUT2D eigenvalue weighted by atomic mass is 16.1. The quantitative estimate of drug-likeness (QED) is 0.746. The van der Waals surface area contributed by atoms with Crippen LogP contribution in [0.2, 0.25) is 0 Å². The van der Waals surface area contributed by atoms with E-state index in [1.54, 1.807) is 12.1 Å². The van der Waals surface area contributed by atoms with Crippen LogP contribution in [0.4, 0.5) is 5.82 Å². The van der Waals surface area contributed by atoms with Crippen LogP contribution in [0.25, 0.3) is 0 Å². The molecule has 1 saturated heterocycles. The van der Waals surface area contributed by atoms with Gasteiger partial charge in [-0.05, 0) is 45.4 Å². The fourth-order valence-corrected chi connectivity index (χ4v) is 2.36. The van der Waals surface area contributed by atoms with E-state index in [0.717, 1.165) is 30.9 Å². The van der Waals surface area contributed by atoms with Gasteiger partial charge in [0.15, 0.2) is 0 Å². The number of nitrogens with one attached hydrogen (secondary N) is 2. The Labute approximate surface area is 107 Å². The van der Waals surface area contributed by atoms with E-state index in [2.05, 4.69) is 22.5 Å². The van der Waals surface area contributed by atoms with Crippen LogP contribution in [0.15, 0.2) is 12.1 Å². The summed E-state index contributed by atoms with van der Waals surface area (Å²) in [6.07, 6.45) is 2.12. The van der Waals surface area contributed by atoms with Crippen LogP contribution in [-0.4, -0.2) is 29.5 Å². The Bertz CT molecular complexity index is 447. The number of hydrogen-bond donors (Lipinski definition) is 3. The summed E-state index contributed by atoms with van der Waals surface area (Å²) in [5, 5.41) is 6.79. The molecular weight excluding hydrogens is 228 g/mol. The standard InChI is InChI=1S/C13H20N4O/c1-8-6-11(3-4-15-8)17-12-7-10(13(14)18)5-9(2)16-12/h5,7-8,11,15H,3-4,6H2,1-2H3,(H2,14,18)(H,16,17). The maximum absolute atomic E-state index is 11.2. The molecule has 2 unspecified atom stereocenters. The molecule has 5 nitrogen and oxygen atoms in total. The Balaban J connectivity index is 2.10. The fourth-order valence-electron chi connectivity index (χ4n) is 2.36. The zero-order valence-electron chi connectivity index (χ0n) is 10.9. The number of pyridine rings is 1. The maximum Gasteiger partial charge on any atom is 0.248 e. The average molecular weight is 248 g/mol. The van der Waals surface area contributed by atoms with Crippen molar-refractivity contribution in [3.8, 4) is 0 Å². The molecule has 5 heteroatoms. The Morgan fingerprint density at radius 3 is 3.00 bits per heavy atom. The number of aromatic nitrogens is 1. The number of carbonyl (C=O) groups is 1. The van der Waals surface area contributed by atoms with Gasteiger partial charge in [-0.3, -0.25) is 4.79 Å². The number of primary amides is 1. The van der Waals surface area contributed by atoms with E-state index < -0.39 is 5.91 Å². The molecule has 0 bridgehead atoms. The smallest absolute Gasteiger partial charge is 0.248 e. The second-order valence-electron chi connectivity index (χ2n) is 4.97. The highest BCUT2D eigenvalue weighted by Crippen LogP contribution is 2.16. The monoisotopic (exact) mass is 248 g/mol. The molecule has 2 rings (SSSR count). The number of carbonyl (C=O) groups excluding carboxylic acids is 1. The van der Waals surface area contributed by atoms with Crippen molar-refractivity contribution >= 4 is 11.7 Å². The number of nitrogens with two attached hydrogens (primary N) is 1. The number of hydrogen-bond acceptors (Lipinski definition) is 4. The van der Waals surface area contributed by atoms with E-state index in [-0.39, 0.29) is 0 Å². The Morgan fingerprint density at radius 2 is 2.33 bits per heavy atom. The molecule has 1 aromatic rings. The first-order chi connectivity index (χ1) is 8.54. The summed E-state index contributed by atoms with van der Waals surface area (Å²) in [4.78, 5) is 15.6. The van der Waals surface area contributed by atoms with Crippen molar-refractivity contribution in [1.82, 2.24) is 10.3 Å². The fraction of sp³-hybridized carbons (Fsp3) is 0.538. The summed E-state index contributed by atoms with van der Waals surface area (Å²) >= 11 is 0. The Kier molecular flexibility index (Phi) is 3.81. The van der Waals surface area contributed by atoms with Crippen molar-refractivity contribution in [2.75, 3.05) is 11.9 Å². The molecule has 1 aromatic heterocycles. The lowest BCUT2D eigenvalue weighted by molar-refractivity contribution is 0.1000. The molecule has 1 aliphatic heterocycles. The zero-order chi connectivity index (χ0) is 13.1. The van der Waals surface area contributed by atoms with Crippen LogP contribution in [0.5, 0.6) is 0 Å². The van der Waals surface area contributed by atoms with E-state index in [1.807, 2.05) is 6.92 Å². The summed E-state index contributed by atoms with van der Waals surface area (Å²) in [5.41, 5.74) is 6.61. The predicted molar refractivity (Wildman–Crippen MR) is 71.6 cm³/mol. The minimum Gasteiger partial charge on any atom is -0.367 e. The maximum atomic E-state index is 11.2. The van der Waals surface area contributed by atoms with Crippen molar-refractivity contribution in [2.45, 2.75) is 38.8 Å². The molecule has 0 radical (unpaired) electrons. The van der Waals surface area contributed by atoms with E-state index in [4.69, 9.17) is 5.73 Å². The summed E-state index contributed by atoms with van der Waals surface area (Å²) in [5.74, 6) is 0.324. The number of aryl methyl sites for hydroxylation is 1. The summed E-state index contributed by atoms with van der Waals surface area (Å²) in [6, 6.07) is 4.34. The lowest BCUT2D eigenvalue weighted by Crippen LogP contribution is -2.41. The highest BCUT2D eigenvalue weighted by Gasteiger charge is 2.18. The molecular formula is C13H20N4O. The number of piperidine rings is 1. The first-order valence-corrected chi connectivity index (χ1v) is 6.33. The van der Waals surface area contributed by atoms with Crippen LogP contribution < -0.4 is 16.4 Å². The molecule has 98 valence electrons. The van der Waals surface area contributed by atoms with Gasteiger partial charge in [-0.1, -0.05) is 0 Å². The summed E-state index contributed by atoms with van der Waals surface area (Å²) < 4.78 is 0. The highest BCUT2D eigenvalue weighted by molar-refractivity contribution is 5.93. The third kappa shape index (κ3) is 3.20. The van der Waals surface area contributed by atoms with Crippen molar-refractivity contribution in [2.24, 2.45) is 5.73 Å². The van der Waals surface area contributed by atoms with E-state index in [0.29, 0.717) is 17.6 Å². The number of amides is 1. The van der Waals surface area contributed by atoms with Crippen molar-refractivity contribution in [3.63, 3.8) is 0 Å². The summed E-state index contributed by atoms with van der Waals surface area (Å²) in [6.45, 7) is 5.04. The molecule has 0 aromatic carbocycles. The summed E-state index contributed by atoms with van der Waals surface area (Å²) in [7, 11) is 0. The van der Waals surface area contributed by atoms with E-state index in [9.17, 15) is 4.79 Å². The molecule has 4 N–H and O–H groups in total. The third-order valence-corrected chi connectivity index (χ3v) is 3.21.